The molecule has 4 heteroatoms. The van der Waals surface area contributed by atoms with Crippen LogP contribution < -0.4 is 5.32 Å². The number of hydrogen-bond acceptors (Lipinski definition) is 3. The monoisotopic (exact) mass is 605 g/mol. The Bertz CT molecular complexity index is 2730. The molecule has 0 atom stereocenters. The standard InChI is InChI=1S/C42H27N3S/c1-3-14-27(15-4-1)38-34(25-43-42(44-38)28-16-5-2-6-17-28)45-39-29-18-8-7-13-26(29)23-24-33(39)36-30-19-9-10-20-31(30)37-32-21-11-12-22-35(32)46-41(37)40(36)45/h1-24H,25H2,(H,43,44). The van der Waals surface area contributed by atoms with Gasteiger partial charge in [-0.25, -0.2) is 4.99 Å². The number of hydrogen-bond donors (Lipinski definition) is 1. The highest BCUT2D eigenvalue weighted by molar-refractivity contribution is 7.27. The normalized spacial score (nSPS) is 13.8. The van der Waals surface area contributed by atoms with Crippen LogP contribution in [0.1, 0.15) is 11.1 Å². The lowest BCUT2D eigenvalue weighted by Crippen LogP contribution is -2.31. The third kappa shape index (κ3) is 3.62. The number of aliphatic imine (C=N–C) groups is 1. The van der Waals surface area contributed by atoms with Crippen LogP contribution in [0.15, 0.2) is 151 Å². The summed E-state index contributed by atoms with van der Waals surface area (Å²) in [6.45, 7) is 0.638. The largest absolute Gasteiger partial charge is 0.364 e. The molecule has 0 saturated heterocycles. The van der Waals surface area contributed by atoms with E-state index in [1.165, 1.54) is 63.5 Å². The molecule has 0 radical (unpaired) electrons. The molecule has 0 spiro atoms. The van der Waals surface area contributed by atoms with Gasteiger partial charge in [0.15, 0.2) is 0 Å². The molecule has 216 valence electrons. The van der Waals surface area contributed by atoms with Crippen LogP contribution in [0.2, 0.25) is 0 Å². The van der Waals surface area contributed by atoms with Gasteiger partial charge in [-0.1, -0.05) is 140 Å². The molecule has 46 heavy (non-hydrogen) atoms. The fourth-order valence-electron chi connectivity index (χ4n) is 7.45. The van der Waals surface area contributed by atoms with E-state index >= 15 is 0 Å². The predicted molar refractivity (Wildman–Crippen MR) is 198 cm³/mol. The van der Waals surface area contributed by atoms with Crippen LogP contribution in [0.3, 0.4) is 0 Å². The van der Waals surface area contributed by atoms with Crippen molar-refractivity contribution in [3.63, 3.8) is 0 Å². The molecular weight excluding hydrogens is 579 g/mol. The number of nitrogens with zero attached hydrogens (tertiary/aromatic N) is 2. The smallest absolute Gasteiger partial charge is 0.134 e. The molecule has 10 rings (SSSR count). The van der Waals surface area contributed by atoms with E-state index in [0.717, 1.165) is 28.4 Å². The number of amidine groups is 1. The van der Waals surface area contributed by atoms with Gasteiger partial charge in [0, 0.05) is 42.8 Å². The Balaban J connectivity index is 1.47. The summed E-state index contributed by atoms with van der Waals surface area (Å²) in [5.41, 5.74) is 6.82. The molecule has 1 aliphatic rings. The maximum Gasteiger partial charge on any atom is 0.134 e. The van der Waals surface area contributed by atoms with E-state index in [4.69, 9.17) is 4.99 Å². The van der Waals surface area contributed by atoms with Gasteiger partial charge < -0.3 is 9.88 Å². The van der Waals surface area contributed by atoms with Crippen LogP contribution in [0.5, 0.6) is 0 Å². The van der Waals surface area contributed by atoms with Crippen molar-refractivity contribution >= 4 is 92.1 Å². The maximum atomic E-state index is 5.41. The molecule has 3 nitrogen and oxygen atoms in total. The summed E-state index contributed by atoms with van der Waals surface area (Å²) in [7, 11) is 0. The van der Waals surface area contributed by atoms with E-state index in [2.05, 4.69) is 155 Å². The van der Waals surface area contributed by atoms with Crippen molar-refractivity contribution in [2.75, 3.05) is 6.54 Å². The van der Waals surface area contributed by atoms with Crippen LogP contribution in [0.25, 0.3) is 74.9 Å². The zero-order valence-electron chi connectivity index (χ0n) is 24.9. The third-order valence-electron chi connectivity index (χ3n) is 9.41. The van der Waals surface area contributed by atoms with Crippen LogP contribution in [-0.4, -0.2) is 16.9 Å². The highest BCUT2D eigenvalue weighted by atomic mass is 32.1. The molecule has 0 amide bonds. The molecule has 7 aromatic carbocycles. The average Bonchev–Trinajstić information content (AvgIpc) is 3.69. The molecule has 1 N–H and O–H groups in total. The molecule has 2 aromatic heterocycles. The molecular formula is C42H27N3S. The van der Waals surface area contributed by atoms with Gasteiger partial charge in [0.1, 0.15) is 5.84 Å². The van der Waals surface area contributed by atoms with Gasteiger partial charge in [0.05, 0.1) is 33.7 Å². The Hall–Kier alpha value is -5.71. The summed E-state index contributed by atoms with van der Waals surface area (Å²) in [4.78, 5) is 5.41. The van der Waals surface area contributed by atoms with E-state index in [1.54, 1.807) is 0 Å². The van der Waals surface area contributed by atoms with Gasteiger partial charge in [0.25, 0.3) is 0 Å². The second-order valence-corrected chi connectivity index (χ2v) is 13.0. The number of aromatic nitrogens is 1. The summed E-state index contributed by atoms with van der Waals surface area (Å²) in [5, 5.41) is 14.0. The SMILES string of the molecule is c1ccc(C2=NC(c3ccccc3)=C(n3c4c5ccccc5ccc4c4c5ccccc5c5c6ccccc6sc5c43)CN2)cc1. The van der Waals surface area contributed by atoms with Crippen molar-refractivity contribution in [3.05, 3.63) is 157 Å². The van der Waals surface area contributed by atoms with Gasteiger partial charge in [0.2, 0.25) is 0 Å². The Morgan fingerprint density at radius 1 is 0.522 bits per heavy atom. The molecule has 9 aromatic rings. The summed E-state index contributed by atoms with van der Waals surface area (Å²) in [5.74, 6) is 0.895. The first-order valence-electron chi connectivity index (χ1n) is 15.7. The summed E-state index contributed by atoms with van der Waals surface area (Å²) in [6.07, 6.45) is 0. The quantitative estimate of drug-likeness (QED) is 0.213. The van der Waals surface area contributed by atoms with Crippen molar-refractivity contribution in [3.8, 4) is 0 Å². The highest BCUT2D eigenvalue weighted by Crippen LogP contribution is 2.49. The van der Waals surface area contributed by atoms with Crippen LogP contribution in [0, 0.1) is 0 Å². The lowest BCUT2D eigenvalue weighted by Gasteiger charge is -2.24. The van der Waals surface area contributed by atoms with E-state index in [0.29, 0.717) is 6.54 Å². The summed E-state index contributed by atoms with van der Waals surface area (Å²) in [6, 6.07) is 52.3. The first-order chi connectivity index (χ1) is 22.8. The summed E-state index contributed by atoms with van der Waals surface area (Å²) >= 11 is 1.90. The average molecular weight is 606 g/mol. The number of thiophene rings is 1. The first-order valence-corrected chi connectivity index (χ1v) is 16.5. The fraction of sp³-hybridized carbons (Fsp3) is 0.0238. The van der Waals surface area contributed by atoms with Gasteiger partial charge >= 0.3 is 0 Å². The van der Waals surface area contributed by atoms with Crippen molar-refractivity contribution in [1.29, 1.82) is 0 Å². The van der Waals surface area contributed by atoms with E-state index < -0.39 is 0 Å². The topological polar surface area (TPSA) is 29.3 Å². The number of benzene rings is 7. The lowest BCUT2D eigenvalue weighted by atomic mass is 9.98. The van der Waals surface area contributed by atoms with Crippen LogP contribution in [-0.2, 0) is 0 Å². The van der Waals surface area contributed by atoms with Crippen LogP contribution >= 0.6 is 11.3 Å². The maximum absolute atomic E-state index is 5.41. The minimum Gasteiger partial charge on any atom is -0.364 e. The Morgan fingerprint density at radius 3 is 1.93 bits per heavy atom. The minimum absolute atomic E-state index is 0.638. The van der Waals surface area contributed by atoms with Crippen molar-refractivity contribution in [2.45, 2.75) is 0 Å². The predicted octanol–water partition coefficient (Wildman–Crippen LogP) is 10.8. The second kappa shape index (κ2) is 9.90. The molecule has 0 unspecified atom stereocenters. The zero-order valence-corrected chi connectivity index (χ0v) is 25.7. The third-order valence-corrected chi connectivity index (χ3v) is 10.6. The Kier molecular flexibility index (Phi) is 5.51. The van der Waals surface area contributed by atoms with E-state index in [1.807, 2.05) is 11.3 Å². The van der Waals surface area contributed by atoms with Crippen molar-refractivity contribution < 1.29 is 0 Å². The Morgan fingerprint density at radius 2 is 1.15 bits per heavy atom. The molecule has 1 aliphatic heterocycles. The fourth-order valence-corrected chi connectivity index (χ4v) is 8.71. The minimum atomic E-state index is 0.638. The molecule has 0 bridgehead atoms. The second-order valence-electron chi connectivity index (χ2n) is 11.9. The zero-order chi connectivity index (χ0) is 30.2. The van der Waals surface area contributed by atoms with E-state index in [9.17, 15) is 0 Å². The number of nitrogens with one attached hydrogen (secondary N) is 1. The van der Waals surface area contributed by atoms with Gasteiger partial charge in [-0.15, -0.1) is 11.3 Å². The van der Waals surface area contributed by atoms with Crippen molar-refractivity contribution in [2.24, 2.45) is 4.99 Å². The molecule has 0 saturated carbocycles. The lowest BCUT2D eigenvalue weighted by molar-refractivity contribution is 0.976. The number of rotatable bonds is 3. The molecule has 0 fully saturated rings. The molecule has 0 aliphatic carbocycles. The van der Waals surface area contributed by atoms with Gasteiger partial charge in [-0.05, 0) is 22.2 Å². The van der Waals surface area contributed by atoms with Crippen molar-refractivity contribution in [1.82, 2.24) is 9.88 Å². The number of fused-ring (bicyclic) bond motifs is 12. The molecule has 3 heterocycles. The van der Waals surface area contributed by atoms with E-state index in [-0.39, 0.29) is 0 Å². The summed E-state index contributed by atoms with van der Waals surface area (Å²) < 4.78 is 5.17. The van der Waals surface area contributed by atoms with Crippen LogP contribution in [0.4, 0.5) is 0 Å². The first kappa shape index (κ1) is 25.6. The van der Waals surface area contributed by atoms with Gasteiger partial charge in [-0.2, -0.15) is 0 Å². The van der Waals surface area contributed by atoms with Gasteiger partial charge in [-0.3, -0.25) is 0 Å². The Labute approximate surface area is 269 Å². The highest BCUT2D eigenvalue weighted by Gasteiger charge is 2.27.